The van der Waals surface area contributed by atoms with E-state index in [0.717, 1.165) is 5.01 Å². The number of amides is 1. The van der Waals surface area contributed by atoms with Crippen molar-refractivity contribution >= 4 is 14.4 Å². The molecule has 1 amide bonds. The minimum atomic E-state index is -1.79. The van der Waals surface area contributed by atoms with Gasteiger partial charge < -0.3 is 9.16 Å². The van der Waals surface area contributed by atoms with Crippen molar-refractivity contribution in [1.29, 1.82) is 0 Å². The first-order valence-electron chi connectivity index (χ1n) is 6.65. The van der Waals surface area contributed by atoms with Crippen molar-refractivity contribution in [2.45, 2.75) is 65.3 Å². The summed E-state index contributed by atoms with van der Waals surface area (Å²) in [5, 5.41) is 1.22. The van der Waals surface area contributed by atoms with Crippen molar-refractivity contribution in [2.75, 3.05) is 13.2 Å². The lowest BCUT2D eigenvalue weighted by molar-refractivity contribution is 0.0220. The molecule has 0 saturated carbocycles. The van der Waals surface area contributed by atoms with E-state index in [2.05, 4.69) is 33.9 Å². The summed E-state index contributed by atoms with van der Waals surface area (Å²) in [6.45, 7) is 17.1. The van der Waals surface area contributed by atoms with Crippen LogP contribution in [-0.2, 0) is 9.16 Å². The highest BCUT2D eigenvalue weighted by Gasteiger charge is 2.37. The maximum absolute atomic E-state index is 11.6. The van der Waals surface area contributed by atoms with Crippen LogP contribution in [-0.4, -0.2) is 38.2 Å². The molecule has 19 heavy (non-hydrogen) atoms. The molecule has 0 spiro atoms. The molecule has 0 atom stereocenters. The molecule has 0 unspecified atom stereocenters. The Morgan fingerprint density at radius 2 is 1.63 bits per heavy atom. The molecule has 0 bridgehead atoms. The van der Waals surface area contributed by atoms with Crippen LogP contribution in [0.15, 0.2) is 0 Å². The lowest BCUT2D eigenvalue weighted by Crippen LogP contribution is -2.46. The number of hydrogen-bond donors (Lipinski definition) is 1. The molecule has 0 saturated heterocycles. The average Bonchev–Trinajstić information content (AvgIpc) is 2.12. The summed E-state index contributed by atoms with van der Waals surface area (Å²) in [6, 6.07) is 0. The third-order valence-electron chi connectivity index (χ3n) is 3.23. The Morgan fingerprint density at radius 3 is 2.00 bits per heavy atom. The van der Waals surface area contributed by atoms with Crippen molar-refractivity contribution in [1.82, 2.24) is 5.01 Å². The van der Waals surface area contributed by atoms with Gasteiger partial charge in [-0.1, -0.05) is 20.8 Å². The highest BCUT2D eigenvalue weighted by Crippen LogP contribution is 2.36. The van der Waals surface area contributed by atoms with Crippen molar-refractivity contribution in [3.8, 4) is 0 Å². The van der Waals surface area contributed by atoms with Crippen LogP contribution in [0.3, 0.4) is 0 Å². The fraction of sp³-hybridized carbons (Fsp3) is 0.923. The monoisotopic (exact) mass is 290 g/mol. The lowest BCUT2D eigenvalue weighted by Gasteiger charge is -2.36. The van der Waals surface area contributed by atoms with Crippen molar-refractivity contribution < 1.29 is 14.0 Å². The van der Waals surface area contributed by atoms with E-state index in [1.54, 1.807) is 0 Å². The van der Waals surface area contributed by atoms with Gasteiger partial charge >= 0.3 is 6.09 Å². The number of nitrogens with zero attached hydrogens (tertiary/aromatic N) is 1. The Balaban J connectivity index is 4.19. The van der Waals surface area contributed by atoms with Crippen LogP contribution in [0, 0.1) is 0 Å². The molecular formula is C13H30N2O3Si. The van der Waals surface area contributed by atoms with E-state index in [4.69, 9.17) is 15.0 Å². The molecule has 0 aliphatic carbocycles. The van der Waals surface area contributed by atoms with Gasteiger partial charge in [0, 0.05) is 0 Å². The lowest BCUT2D eigenvalue weighted by atomic mass is 10.2. The van der Waals surface area contributed by atoms with Crippen LogP contribution in [0.4, 0.5) is 4.79 Å². The Morgan fingerprint density at radius 1 is 1.16 bits per heavy atom. The second-order valence-electron chi connectivity index (χ2n) is 7.28. The smallest absolute Gasteiger partial charge is 0.424 e. The molecule has 0 aliphatic heterocycles. The highest BCUT2D eigenvalue weighted by atomic mass is 28.4. The predicted molar refractivity (Wildman–Crippen MR) is 80.3 cm³/mol. The van der Waals surface area contributed by atoms with Crippen LogP contribution in [0.25, 0.3) is 0 Å². The van der Waals surface area contributed by atoms with Gasteiger partial charge in [0.25, 0.3) is 0 Å². The molecule has 6 heteroatoms. The van der Waals surface area contributed by atoms with Gasteiger partial charge in [-0.05, 0) is 38.9 Å². The molecule has 0 aromatic heterocycles. The molecule has 2 N–H and O–H groups in total. The van der Waals surface area contributed by atoms with Crippen molar-refractivity contribution in [3.05, 3.63) is 0 Å². The Bertz CT molecular complexity index is 306. The zero-order chi connectivity index (χ0) is 15.5. The average molecular weight is 290 g/mol. The molecule has 114 valence electrons. The van der Waals surface area contributed by atoms with Gasteiger partial charge in [-0.25, -0.2) is 15.6 Å². The first-order valence-corrected chi connectivity index (χ1v) is 9.56. The number of carbonyl (C=O) groups is 1. The molecule has 0 fully saturated rings. The molecule has 0 heterocycles. The van der Waals surface area contributed by atoms with E-state index in [1.165, 1.54) is 0 Å². The van der Waals surface area contributed by atoms with E-state index in [1.807, 2.05) is 20.8 Å². The zero-order valence-corrected chi connectivity index (χ0v) is 14.7. The second-order valence-corrected chi connectivity index (χ2v) is 12.1. The summed E-state index contributed by atoms with van der Waals surface area (Å²) in [5.74, 6) is 5.66. The standard InChI is InChI=1S/C13H30N2O3Si/c1-12(2,3)18-11(16)15(14)9-10-17-19(7,8)13(4,5)6/h9-10,14H2,1-8H3. The molecule has 0 aromatic rings. The van der Waals surface area contributed by atoms with Gasteiger partial charge in [0.2, 0.25) is 0 Å². The third-order valence-corrected chi connectivity index (χ3v) is 7.77. The second kappa shape index (κ2) is 6.24. The number of nitrogens with two attached hydrogens (primary N) is 1. The molecule has 0 aromatic carbocycles. The predicted octanol–water partition coefficient (Wildman–Crippen LogP) is 3.12. The van der Waals surface area contributed by atoms with Gasteiger partial charge in [0.05, 0.1) is 13.2 Å². The molecule has 5 nitrogen and oxygen atoms in total. The maximum atomic E-state index is 11.6. The van der Waals surface area contributed by atoms with E-state index >= 15 is 0 Å². The SMILES string of the molecule is CC(C)(C)OC(=O)N(N)CCO[Si](C)(C)C(C)(C)C. The summed E-state index contributed by atoms with van der Waals surface area (Å²) in [7, 11) is -1.79. The minimum Gasteiger partial charge on any atom is -0.443 e. The summed E-state index contributed by atoms with van der Waals surface area (Å²) in [4.78, 5) is 11.6. The Kier molecular flexibility index (Phi) is 6.04. The Hall–Kier alpha value is -0.593. The number of hydrazine groups is 1. The largest absolute Gasteiger partial charge is 0.443 e. The van der Waals surface area contributed by atoms with E-state index < -0.39 is 20.0 Å². The van der Waals surface area contributed by atoms with Gasteiger partial charge in [-0.15, -0.1) is 0 Å². The van der Waals surface area contributed by atoms with Gasteiger partial charge in [-0.2, -0.15) is 0 Å². The van der Waals surface area contributed by atoms with E-state index in [-0.39, 0.29) is 5.04 Å². The van der Waals surface area contributed by atoms with Crippen LogP contribution in [0.1, 0.15) is 41.5 Å². The van der Waals surface area contributed by atoms with Crippen molar-refractivity contribution in [3.63, 3.8) is 0 Å². The minimum absolute atomic E-state index is 0.151. The van der Waals surface area contributed by atoms with Crippen LogP contribution in [0.2, 0.25) is 18.1 Å². The topological polar surface area (TPSA) is 64.8 Å². The molecular weight excluding hydrogens is 260 g/mol. The number of ether oxygens (including phenoxy) is 1. The van der Waals surface area contributed by atoms with Crippen LogP contribution < -0.4 is 5.84 Å². The summed E-state index contributed by atoms with van der Waals surface area (Å²) in [6.07, 6.45) is -0.522. The fourth-order valence-corrected chi connectivity index (χ4v) is 2.06. The molecule has 0 rings (SSSR count). The summed E-state index contributed by atoms with van der Waals surface area (Å²) >= 11 is 0. The molecule has 0 aliphatic rings. The van der Waals surface area contributed by atoms with Gasteiger partial charge in [0.1, 0.15) is 5.60 Å². The third kappa shape index (κ3) is 6.94. The normalized spacial score (nSPS) is 13.3. The van der Waals surface area contributed by atoms with E-state index in [9.17, 15) is 4.79 Å². The molecule has 0 radical (unpaired) electrons. The fourth-order valence-electron chi connectivity index (χ4n) is 1.03. The first kappa shape index (κ1) is 18.4. The Labute approximate surface area is 118 Å². The maximum Gasteiger partial charge on any atom is 0.424 e. The summed E-state index contributed by atoms with van der Waals surface area (Å²) in [5.41, 5.74) is -0.533. The highest BCUT2D eigenvalue weighted by molar-refractivity contribution is 6.74. The number of hydrogen-bond acceptors (Lipinski definition) is 4. The first-order chi connectivity index (χ1) is 8.26. The van der Waals surface area contributed by atoms with Gasteiger partial charge in [-0.3, -0.25) is 0 Å². The van der Waals surface area contributed by atoms with Crippen LogP contribution >= 0.6 is 0 Å². The number of carbonyl (C=O) groups excluding carboxylic acids is 1. The van der Waals surface area contributed by atoms with Gasteiger partial charge in [0.15, 0.2) is 8.32 Å². The van der Waals surface area contributed by atoms with Crippen molar-refractivity contribution in [2.24, 2.45) is 5.84 Å². The van der Waals surface area contributed by atoms with Crippen LogP contribution in [0.5, 0.6) is 0 Å². The van der Waals surface area contributed by atoms with E-state index in [0.29, 0.717) is 13.2 Å². The summed E-state index contributed by atoms with van der Waals surface area (Å²) < 4.78 is 11.1. The zero-order valence-electron chi connectivity index (χ0n) is 13.7. The number of rotatable bonds is 4. The quantitative estimate of drug-likeness (QED) is 0.374.